The molecule has 0 saturated carbocycles. The quantitative estimate of drug-likeness (QED) is 0.294. The van der Waals surface area contributed by atoms with E-state index < -0.39 is 40.6 Å². The Labute approximate surface area is 224 Å². The SMILES string of the molecule is CCS(=O)(=O)c1ccc(CC(=O)Nc2ccc3c(c2)nc(C(F)(F)F)n3Cc2cccc3c2OC(F)(F)O3)cc1. The van der Waals surface area contributed by atoms with E-state index in [0.717, 1.165) is 4.57 Å². The highest BCUT2D eigenvalue weighted by atomic mass is 32.2. The van der Waals surface area contributed by atoms with Crippen LogP contribution in [0.15, 0.2) is 65.6 Å². The molecule has 40 heavy (non-hydrogen) atoms. The Morgan fingerprint density at radius 1 is 1.05 bits per heavy atom. The van der Waals surface area contributed by atoms with Crippen molar-refractivity contribution in [3.05, 3.63) is 77.6 Å². The third kappa shape index (κ3) is 5.43. The van der Waals surface area contributed by atoms with Crippen molar-refractivity contribution < 1.29 is 44.6 Å². The number of nitrogens with zero attached hydrogens (tertiary/aromatic N) is 2. The van der Waals surface area contributed by atoms with E-state index >= 15 is 0 Å². The third-order valence-electron chi connectivity index (χ3n) is 6.15. The average Bonchev–Trinajstić information content (AvgIpc) is 3.40. The predicted octanol–water partition coefficient (Wildman–Crippen LogP) is 5.40. The molecule has 0 bridgehead atoms. The monoisotopic (exact) mass is 581 g/mol. The van der Waals surface area contributed by atoms with Gasteiger partial charge in [-0.15, -0.1) is 8.78 Å². The van der Waals surface area contributed by atoms with Gasteiger partial charge < -0.3 is 19.4 Å². The van der Waals surface area contributed by atoms with Crippen LogP contribution in [0, 0.1) is 0 Å². The number of carbonyl (C=O) groups is 1. The zero-order valence-electron chi connectivity index (χ0n) is 20.6. The molecule has 0 spiro atoms. The summed E-state index contributed by atoms with van der Waals surface area (Å²) in [6.07, 6.45) is -8.93. The van der Waals surface area contributed by atoms with Crippen molar-refractivity contribution >= 4 is 32.5 Å². The molecule has 0 saturated heterocycles. The van der Waals surface area contributed by atoms with Gasteiger partial charge in [0.25, 0.3) is 0 Å². The number of halogens is 5. The van der Waals surface area contributed by atoms with Gasteiger partial charge in [0.15, 0.2) is 21.3 Å². The number of hydrogen-bond donors (Lipinski definition) is 1. The van der Waals surface area contributed by atoms with Gasteiger partial charge in [0.1, 0.15) is 0 Å². The molecule has 3 aromatic carbocycles. The highest BCUT2D eigenvalue weighted by Gasteiger charge is 2.45. The molecule has 8 nitrogen and oxygen atoms in total. The minimum Gasteiger partial charge on any atom is -0.395 e. The van der Waals surface area contributed by atoms with Crippen LogP contribution < -0.4 is 14.8 Å². The van der Waals surface area contributed by atoms with E-state index in [1.165, 1.54) is 67.6 Å². The van der Waals surface area contributed by atoms with E-state index in [9.17, 15) is 35.2 Å². The Kier molecular flexibility index (Phi) is 6.68. The Morgan fingerprint density at radius 2 is 1.77 bits per heavy atom. The second-order valence-electron chi connectivity index (χ2n) is 8.91. The number of para-hydroxylation sites is 1. The number of sulfone groups is 1. The number of aromatic nitrogens is 2. The summed E-state index contributed by atoms with van der Waals surface area (Å²) in [6, 6.07) is 13.7. The van der Waals surface area contributed by atoms with Gasteiger partial charge >= 0.3 is 12.5 Å². The summed E-state index contributed by atoms with van der Waals surface area (Å²) in [5.74, 6) is -2.48. The van der Waals surface area contributed by atoms with Crippen molar-refractivity contribution in [1.82, 2.24) is 9.55 Å². The molecular formula is C26H20F5N3O5S. The Balaban J connectivity index is 1.39. The first kappa shape index (κ1) is 27.4. The van der Waals surface area contributed by atoms with E-state index in [1.54, 1.807) is 0 Å². The summed E-state index contributed by atoms with van der Waals surface area (Å²) in [5, 5.41) is 2.59. The van der Waals surface area contributed by atoms with Crippen LogP contribution in [0.2, 0.25) is 0 Å². The molecule has 4 aromatic rings. The van der Waals surface area contributed by atoms with Gasteiger partial charge in [-0.25, -0.2) is 13.4 Å². The Morgan fingerprint density at radius 3 is 2.45 bits per heavy atom. The molecule has 0 fully saturated rings. The molecule has 210 valence electrons. The molecule has 5 rings (SSSR count). The molecule has 0 aliphatic carbocycles. The minimum absolute atomic E-state index is 0.0228. The van der Waals surface area contributed by atoms with Crippen LogP contribution in [0.3, 0.4) is 0 Å². The molecule has 1 N–H and O–H groups in total. The summed E-state index contributed by atoms with van der Waals surface area (Å²) in [6.45, 7) is 1.02. The summed E-state index contributed by atoms with van der Waals surface area (Å²) in [7, 11) is -3.39. The maximum absolute atomic E-state index is 13.9. The number of hydrogen-bond acceptors (Lipinski definition) is 6. The van der Waals surface area contributed by atoms with Gasteiger partial charge in [-0.2, -0.15) is 13.2 Å². The first-order chi connectivity index (χ1) is 18.8. The molecule has 0 atom stereocenters. The van der Waals surface area contributed by atoms with Crippen molar-refractivity contribution in [2.45, 2.75) is 37.3 Å². The number of amides is 1. The van der Waals surface area contributed by atoms with Crippen LogP contribution in [-0.2, 0) is 33.8 Å². The van der Waals surface area contributed by atoms with Crippen LogP contribution in [0.5, 0.6) is 11.5 Å². The molecule has 1 aromatic heterocycles. The van der Waals surface area contributed by atoms with E-state index in [1.807, 2.05) is 0 Å². The van der Waals surface area contributed by atoms with E-state index in [-0.39, 0.29) is 50.9 Å². The molecule has 1 amide bonds. The molecule has 1 aliphatic rings. The summed E-state index contributed by atoms with van der Waals surface area (Å²) in [5.41, 5.74) is 0.688. The Bertz CT molecular complexity index is 1720. The highest BCUT2D eigenvalue weighted by molar-refractivity contribution is 7.91. The van der Waals surface area contributed by atoms with Crippen molar-refractivity contribution in [2.24, 2.45) is 0 Å². The van der Waals surface area contributed by atoms with Gasteiger partial charge in [0.2, 0.25) is 11.7 Å². The van der Waals surface area contributed by atoms with Crippen molar-refractivity contribution in [1.29, 1.82) is 0 Å². The first-order valence-electron chi connectivity index (χ1n) is 11.8. The van der Waals surface area contributed by atoms with Gasteiger partial charge in [-0.1, -0.05) is 31.2 Å². The predicted molar refractivity (Wildman–Crippen MR) is 133 cm³/mol. The normalized spacial score (nSPS) is 14.4. The standard InChI is InChI=1S/C26H20F5N3O5S/c1-2-40(36,37)18-9-6-15(7-10-18)12-22(35)32-17-8-11-20-19(13-17)33-24(25(27,28)29)34(20)14-16-4-3-5-21-23(16)39-26(30,31)38-21/h3-11,13H,2,12,14H2,1H3,(H,32,35). The fraction of sp³-hybridized carbons (Fsp3) is 0.231. The number of imidazole rings is 1. The molecule has 1 aliphatic heterocycles. The van der Waals surface area contributed by atoms with Gasteiger partial charge in [0.05, 0.1) is 34.6 Å². The number of alkyl halides is 5. The van der Waals surface area contributed by atoms with Gasteiger partial charge in [-0.05, 0) is 42.0 Å². The average molecular weight is 582 g/mol. The number of rotatable bonds is 7. The summed E-state index contributed by atoms with van der Waals surface area (Å²) >= 11 is 0. The second-order valence-corrected chi connectivity index (χ2v) is 11.2. The van der Waals surface area contributed by atoms with Crippen molar-refractivity contribution in [2.75, 3.05) is 11.1 Å². The number of anilines is 1. The molecule has 0 radical (unpaired) electrons. The fourth-order valence-electron chi connectivity index (χ4n) is 4.28. The first-order valence-corrected chi connectivity index (χ1v) is 13.5. The van der Waals surface area contributed by atoms with Crippen LogP contribution in [0.1, 0.15) is 23.9 Å². The molecule has 2 heterocycles. The minimum atomic E-state index is -4.88. The lowest BCUT2D eigenvalue weighted by Gasteiger charge is -2.13. The van der Waals surface area contributed by atoms with Crippen LogP contribution in [0.25, 0.3) is 11.0 Å². The van der Waals surface area contributed by atoms with Crippen molar-refractivity contribution in [3.63, 3.8) is 0 Å². The molecular weight excluding hydrogens is 561 g/mol. The van der Waals surface area contributed by atoms with E-state index in [2.05, 4.69) is 19.8 Å². The highest BCUT2D eigenvalue weighted by Crippen LogP contribution is 2.44. The lowest BCUT2D eigenvalue weighted by Crippen LogP contribution is -2.26. The van der Waals surface area contributed by atoms with Gasteiger partial charge in [-0.3, -0.25) is 4.79 Å². The third-order valence-corrected chi connectivity index (χ3v) is 7.90. The lowest BCUT2D eigenvalue weighted by molar-refractivity contribution is -0.287. The maximum Gasteiger partial charge on any atom is 0.586 e. The molecule has 14 heteroatoms. The number of carbonyl (C=O) groups excluding carboxylic acids is 1. The van der Waals surface area contributed by atoms with Crippen LogP contribution >= 0.6 is 0 Å². The summed E-state index contributed by atoms with van der Waals surface area (Å²) < 4.78 is 102. The van der Waals surface area contributed by atoms with Crippen molar-refractivity contribution in [3.8, 4) is 11.5 Å². The lowest BCUT2D eigenvalue weighted by atomic mass is 10.1. The zero-order valence-corrected chi connectivity index (χ0v) is 21.4. The second kappa shape index (κ2) is 9.77. The number of nitrogens with one attached hydrogen (secondary N) is 1. The van der Waals surface area contributed by atoms with E-state index in [0.29, 0.717) is 5.56 Å². The van der Waals surface area contributed by atoms with Crippen LogP contribution in [-0.4, -0.2) is 35.9 Å². The fourth-order valence-corrected chi connectivity index (χ4v) is 5.16. The van der Waals surface area contributed by atoms with E-state index in [4.69, 9.17) is 0 Å². The summed E-state index contributed by atoms with van der Waals surface area (Å²) in [4.78, 5) is 16.4. The number of fused-ring (bicyclic) bond motifs is 2. The topological polar surface area (TPSA) is 99.5 Å². The molecule has 0 unspecified atom stereocenters. The van der Waals surface area contributed by atoms with Crippen LogP contribution in [0.4, 0.5) is 27.6 Å². The zero-order chi connectivity index (χ0) is 28.9. The Hall–Kier alpha value is -4.20. The number of ether oxygens (including phenoxy) is 2. The smallest absolute Gasteiger partial charge is 0.395 e. The maximum atomic E-state index is 13.9. The largest absolute Gasteiger partial charge is 0.586 e. The van der Waals surface area contributed by atoms with Gasteiger partial charge in [0, 0.05) is 11.3 Å². The number of benzene rings is 3.